The molecule has 1 aliphatic heterocycles. The fraction of sp³-hybridized carbons (Fsp3) is 0.636. The lowest BCUT2D eigenvalue weighted by molar-refractivity contribution is 0.0524. The molecule has 2 N–H and O–H groups in total. The zero-order valence-corrected chi connectivity index (χ0v) is 9.48. The number of nitrogens with zero attached hydrogens (tertiary/aromatic N) is 2. The summed E-state index contributed by atoms with van der Waals surface area (Å²) in [5, 5.41) is 4.22. The molecule has 5 heteroatoms. The second-order valence-corrected chi connectivity index (χ2v) is 3.96. The van der Waals surface area contributed by atoms with Gasteiger partial charge >= 0.3 is 5.97 Å². The SMILES string of the molecule is CCOC(=O)c1cnn2c1[C@H](CN)CCC2. The highest BCUT2D eigenvalue weighted by atomic mass is 16.5. The fourth-order valence-corrected chi connectivity index (χ4v) is 2.22. The monoisotopic (exact) mass is 223 g/mol. The Hall–Kier alpha value is -1.36. The van der Waals surface area contributed by atoms with Crippen LogP contribution in [0.4, 0.5) is 0 Å². The standard InChI is InChI=1S/C11H17N3O2/c1-2-16-11(15)9-7-13-14-5-3-4-8(6-12)10(9)14/h7-8H,2-6,12H2,1H3/t8-/m0/s1. The number of aromatic nitrogens is 2. The summed E-state index contributed by atoms with van der Waals surface area (Å²) in [4.78, 5) is 11.7. The van der Waals surface area contributed by atoms with Crippen LogP contribution in [0.5, 0.6) is 0 Å². The van der Waals surface area contributed by atoms with E-state index in [0.29, 0.717) is 18.7 Å². The van der Waals surface area contributed by atoms with Gasteiger partial charge in [-0.15, -0.1) is 0 Å². The molecule has 0 fully saturated rings. The Morgan fingerprint density at radius 1 is 1.75 bits per heavy atom. The highest BCUT2D eigenvalue weighted by Gasteiger charge is 2.27. The third kappa shape index (κ3) is 1.82. The van der Waals surface area contributed by atoms with Crippen molar-refractivity contribution in [1.29, 1.82) is 0 Å². The highest BCUT2D eigenvalue weighted by molar-refractivity contribution is 5.90. The van der Waals surface area contributed by atoms with Crippen LogP contribution in [0.25, 0.3) is 0 Å². The highest BCUT2D eigenvalue weighted by Crippen LogP contribution is 2.29. The Balaban J connectivity index is 2.33. The quantitative estimate of drug-likeness (QED) is 0.773. The third-order valence-electron chi connectivity index (χ3n) is 2.97. The van der Waals surface area contributed by atoms with Crippen LogP contribution in [-0.2, 0) is 11.3 Å². The van der Waals surface area contributed by atoms with E-state index in [2.05, 4.69) is 5.10 Å². The predicted molar refractivity (Wildman–Crippen MR) is 59.2 cm³/mol. The van der Waals surface area contributed by atoms with Gasteiger partial charge in [0.25, 0.3) is 0 Å². The van der Waals surface area contributed by atoms with Gasteiger partial charge in [-0.1, -0.05) is 0 Å². The number of hydrogen-bond acceptors (Lipinski definition) is 4. The maximum absolute atomic E-state index is 11.7. The molecule has 0 aromatic carbocycles. The van der Waals surface area contributed by atoms with E-state index in [-0.39, 0.29) is 11.9 Å². The van der Waals surface area contributed by atoms with Gasteiger partial charge in [0.15, 0.2) is 0 Å². The second-order valence-electron chi connectivity index (χ2n) is 3.96. The first-order valence-corrected chi connectivity index (χ1v) is 5.70. The maximum Gasteiger partial charge on any atom is 0.341 e. The zero-order valence-electron chi connectivity index (χ0n) is 9.48. The largest absolute Gasteiger partial charge is 0.462 e. The number of nitrogens with two attached hydrogens (primary N) is 1. The van der Waals surface area contributed by atoms with Gasteiger partial charge in [0.2, 0.25) is 0 Å². The van der Waals surface area contributed by atoms with Gasteiger partial charge in [0.05, 0.1) is 18.5 Å². The smallest absolute Gasteiger partial charge is 0.341 e. The predicted octanol–water partition coefficient (Wildman–Crippen LogP) is 0.896. The number of esters is 1. The van der Waals surface area contributed by atoms with Gasteiger partial charge in [-0.3, -0.25) is 4.68 Å². The molecule has 0 spiro atoms. The lowest BCUT2D eigenvalue weighted by Gasteiger charge is -2.23. The number of hydrogen-bond donors (Lipinski definition) is 1. The van der Waals surface area contributed by atoms with Crippen molar-refractivity contribution >= 4 is 5.97 Å². The van der Waals surface area contributed by atoms with E-state index in [4.69, 9.17) is 10.5 Å². The summed E-state index contributed by atoms with van der Waals surface area (Å²) in [7, 11) is 0. The molecule has 1 aliphatic rings. The van der Waals surface area contributed by atoms with Crippen molar-refractivity contribution in [3.8, 4) is 0 Å². The Bertz CT molecular complexity index is 387. The van der Waals surface area contributed by atoms with Crippen LogP contribution in [0, 0.1) is 0 Å². The lowest BCUT2D eigenvalue weighted by Crippen LogP contribution is -2.24. The summed E-state index contributed by atoms with van der Waals surface area (Å²) in [5.74, 6) is -0.0558. The van der Waals surface area contributed by atoms with Gasteiger partial charge in [-0.05, 0) is 19.8 Å². The Labute approximate surface area is 94.6 Å². The number of fused-ring (bicyclic) bond motifs is 1. The van der Waals surface area contributed by atoms with Crippen molar-refractivity contribution in [2.45, 2.75) is 32.2 Å². The molecular weight excluding hydrogens is 206 g/mol. The van der Waals surface area contributed by atoms with E-state index in [1.807, 2.05) is 4.68 Å². The van der Waals surface area contributed by atoms with Crippen LogP contribution in [-0.4, -0.2) is 28.9 Å². The minimum Gasteiger partial charge on any atom is -0.462 e. The van der Waals surface area contributed by atoms with Crippen molar-refractivity contribution in [3.05, 3.63) is 17.5 Å². The van der Waals surface area contributed by atoms with E-state index in [9.17, 15) is 4.79 Å². The average Bonchev–Trinajstić information content (AvgIpc) is 2.72. The molecule has 0 saturated heterocycles. The van der Waals surface area contributed by atoms with Gasteiger partial charge < -0.3 is 10.5 Å². The normalized spacial score (nSPS) is 19.2. The zero-order chi connectivity index (χ0) is 11.5. The first-order valence-electron chi connectivity index (χ1n) is 5.70. The number of ether oxygens (including phenoxy) is 1. The molecule has 2 heterocycles. The van der Waals surface area contributed by atoms with Gasteiger partial charge in [0.1, 0.15) is 5.56 Å². The van der Waals surface area contributed by atoms with E-state index in [1.165, 1.54) is 0 Å². The fourth-order valence-electron chi connectivity index (χ4n) is 2.22. The Morgan fingerprint density at radius 3 is 3.25 bits per heavy atom. The first-order chi connectivity index (χ1) is 7.77. The lowest BCUT2D eigenvalue weighted by atomic mass is 9.93. The summed E-state index contributed by atoms with van der Waals surface area (Å²) in [6.45, 7) is 3.61. The molecule has 16 heavy (non-hydrogen) atoms. The van der Waals surface area contributed by atoms with Crippen LogP contribution in [0.15, 0.2) is 6.20 Å². The number of aryl methyl sites for hydroxylation is 1. The van der Waals surface area contributed by atoms with E-state index in [0.717, 1.165) is 25.1 Å². The molecule has 0 saturated carbocycles. The van der Waals surface area contributed by atoms with Crippen molar-refractivity contribution < 1.29 is 9.53 Å². The number of carbonyl (C=O) groups excluding carboxylic acids is 1. The van der Waals surface area contributed by atoms with Crippen molar-refractivity contribution in [3.63, 3.8) is 0 Å². The van der Waals surface area contributed by atoms with Crippen LogP contribution >= 0.6 is 0 Å². The van der Waals surface area contributed by atoms with Crippen molar-refractivity contribution in [2.24, 2.45) is 5.73 Å². The molecule has 5 nitrogen and oxygen atoms in total. The van der Waals surface area contributed by atoms with Gasteiger partial charge in [0, 0.05) is 19.0 Å². The minimum absolute atomic E-state index is 0.232. The Kier molecular flexibility index (Phi) is 3.24. The third-order valence-corrected chi connectivity index (χ3v) is 2.97. The molecule has 2 rings (SSSR count). The van der Waals surface area contributed by atoms with E-state index in [1.54, 1.807) is 13.1 Å². The van der Waals surface area contributed by atoms with Crippen LogP contribution in [0.2, 0.25) is 0 Å². The van der Waals surface area contributed by atoms with Crippen molar-refractivity contribution in [1.82, 2.24) is 9.78 Å². The molecule has 0 unspecified atom stereocenters. The van der Waals surface area contributed by atoms with Crippen LogP contribution < -0.4 is 5.73 Å². The molecule has 0 radical (unpaired) electrons. The van der Waals surface area contributed by atoms with Gasteiger partial charge in [-0.2, -0.15) is 5.10 Å². The molecule has 1 aromatic heterocycles. The second kappa shape index (κ2) is 4.65. The van der Waals surface area contributed by atoms with Crippen LogP contribution in [0.1, 0.15) is 41.7 Å². The summed E-state index contributed by atoms with van der Waals surface area (Å²) in [6.07, 6.45) is 3.69. The summed E-state index contributed by atoms with van der Waals surface area (Å²) in [6, 6.07) is 0. The molecule has 1 aromatic rings. The summed E-state index contributed by atoms with van der Waals surface area (Å²) >= 11 is 0. The summed E-state index contributed by atoms with van der Waals surface area (Å²) in [5.41, 5.74) is 7.26. The first kappa shape index (κ1) is 11.1. The maximum atomic E-state index is 11.7. The van der Waals surface area contributed by atoms with Gasteiger partial charge in [-0.25, -0.2) is 4.79 Å². The Morgan fingerprint density at radius 2 is 2.56 bits per heavy atom. The van der Waals surface area contributed by atoms with Crippen molar-refractivity contribution in [2.75, 3.05) is 13.2 Å². The van der Waals surface area contributed by atoms with Crippen LogP contribution in [0.3, 0.4) is 0 Å². The molecule has 0 bridgehead atoms. The molecule has 0 aliphatic carbocycles. The van der Waals surface area contributed by atoms with E-state index < -0.39 is 0 Å². The van der Waals surface area contributed by atoms with E-state index >= 15 is 0 Å². The molecule has 88 valence electrons. The minimum atomic E-state index is -0.288. The summed E-state index contributed by atoms with van der Waals surface area (Å²) < 4.78 is 6.89. The average molecular weight is 223 g/mol. The molecular formula is C11H17N3O2. The topological polar surface area (TPSA) is 70.1 Å². The number of rotatable bonds is 3. The number of carbonyl (C=O) groups is 1. The molecule has 0 amide bonds. The molecule has 1 atom stereocenters.